The van der Waals surface area contributed by atoms with E-state index in [1.54, 1.807) is 16.9 Å². The van der Waals surface area contributed by atoms with Crippen LogP contribution in [-0.2, 0) is 19.3 Å². The molecular weight excluding hydrogens is 278 g/mol. The molecule has 4 rings (SSSR count). The minimum atomic E-state index is 0.715. The Labute approximate surface area is 129 Å². The van der Waals surface area contributed by atoms with Crippen LogP contribution in [0.15, 0.2) is 34.5 Å². The van der Waals surface area contributed by atoms with Crippen molar-refractivity contribution in [1.82, 2.24) is 0 Å². The highest BCUT2D eigenvalue weighted by Gasteiger charge is 2.27. The highest BCUT2D eigenvalue weighted by Crippen LogP contribution is 2.43. The smallest absolute Gasteiger partial charge is 0.123 e. The maximum Gasteiger partial charge on any atom is 0.123 e. The molecule has 0 bridgehead atoms. The monoisotopic (exact) mass is 297 g/mol. The first kappa shape index (κ1) is 13.1. The largest absolute Gasteiger partial charge is 0.493 e. The first-order valence-electron chi connectivity index (χ1n) is 7.57. The number of benzene rings is 1. The molecule has 2 aromatic rings. The van der Waals surface area contributed by atoms with Crippen LogP contribution in [0.2, 0.25) is 0 Å². The van der Waals surface area contributed by atoms with Gasteiger partial charge in [-0.15, -0.1) is 0 Å². The van der Waals surface area contributed by atoms with Crippen molar-refractivity contribution in [2.45, 2.75) is 25.7 Å². The summed E-state index contributed by atoms with van der Waals surface area (Å²) in [6.45, 7) is 1.54. The molecule has 1 aliphatic heterocycles. The Morgan fingerprint density at radius 2 is 2.19 bits per heavy atom. The number of ether oxygens (including phenoxy) is 1. The van der Waals surface area contributed by atoms with Crippen molar-refractivity contribution in [1.29, 1.82) is 0 Å². The summed E-state index contributed by atoms with van der Waals surface area (Å²) in [6, 6.07) is 6.62. The number of thiophene rings is 1. The van der Waals surface area contributed by atoms with Gasteiger partial charge in [-0.2, -0.15) is 11.3 Å². The molecule has 1 aromatic carbocycles. The van der Waals surface area contributed by atoms with Gasteiger partial charge in [0.1, 0.15) is 5.75 Å². The predicted molar refractivity (Wildman–Crippen MR) is 88.0 cm³/mol. The summed E-state index contributed by atoms with van der Waals surface area (Å²) in [7, 11) is 0. The molecule has 0 amide bonds. The molecule has 0 radical (unpaired) electrons. The molecule has 2 N–H and O–H groups in total. The molecule has 2 nitrogen and oxygen atoms in total. The van der Waals surface area contributed by atoms with Crippen LogP contribution in [0.5, 0.6) is 5.75 Å². The van der Waals surface area contributed by atoms with Crippen molar-refractivity contribution in [3.05, 3.63) is 56.8 Å². The Kier molecular flexibility index (Phi) is 3.32. The Bertz CT molecular complexity index is 700. The maximum atomic E-state index is 5.88. The second kappa shape index (κ2) is 5.32. The minimum Gasteiger partial charge on any atom is -0.493 e. The zero-order valence-electron chi connectivity index (χ0n) is 12.0. The van der Waals surface area contributed by atoms with Crippen LogP contribution in [0, 0.1) is 0 Å². The maximum absolute atomic E-state index is 5.88. The van der Waals surface area contributed by atoms with Crippen LogP contribution >= 0.6 is 11.3 Å². The third-order valence-electron chi connectivity index (χ3n) is 4.49. The average molecular weight is 297 g/mol. The van der Waals surface area contributed by atoms with Crippen molar-refractivity contribution in [3.8, 4) is 5.75 Å². The number of allylic oxidation sites excluding steroid dienone is 1. The van der Waals surface area contributed by atoms with Gasteiger partial charge in [-0.05, 0) is 71.0 Å². The fraction of sp³-hybridized carbons (Fsp3) is 0.333. The van der Waals surface area contributed by atoms with E-state index >= 15 is 0 Å². The molecule has 1 aliphatic carbocycles. The van der Waals surface area contributed by atoms with Crippen molar-refractivity contribution in [2.24, 2.45) is 5.73 Å². The van der Waals surface area contributed by atoms with Crippen molar-refractivity contribution in [2.75, 3.05) is 13.2 Å². The number of nitrogens with two attached hydrogens (primary N) is 1. The van der Waals surface area contributed by atoms with E-state index < -0.39 is 0 Å². The van der Waals surface area contributed by atoms with E-state index in [0.29, 0.717) is 6.54 Å². The Morgan fingerprint density at radius 3 is 3.00 bits per heavy atom. The van der Waals surface area contributed by atoms with Gasteiger partial charge in [0.25, 0.3) is 0 Å². The average Bonchev–Trinajstić information content (AvgIpc) is 3.19. The quantitative estimate of drug-likeness (QED) is 0.936. The molecule has 0 atom stereocenters. The summed E-state index contributed by atoms with van der Waals surface area (Å²) in [4.78, 5) is 0. The number of rotatable bonds is 4. The zero-order valence-corrected chi connectivity index (χ0v) is 12.8. The predicted octanol–water partition coefficient (Wildman–Crippen LogP) is 3.58. The van der Waals surface area contributed by atoms with Gasteiger partial charge in [-0.3, -0.25) is 0 Å². The van der Waals surface area contributed by atoms with Crippen LogP contribution in [0.4, 0.5) is 0 Å². The number of hydrogen-bond acceptors (Lipinski definition) is 3. The van der Waals surface area contributed by atoms with Gasteiger partial charge in [0, 0.05) is 12.0 Å². The summed E-state index contributed by atoms with van der Waals surface area (Å²) in [6.07, 6.45) is 4.15. The van der Waals surface area contributed by atoms with Gasteiger partial charge in [-0.25, -0.2) is 0 Å². The highest BCUT2D eigenvalue weighted by atomic mass is 32.1. The molecule has 0 saturated heterocycles. The number of fused-ring (bicyclic) bond motifs is 3. The van der Waals surface area contributed by atoms with Gasteiger partial charge >= 0.3 is 0 Å². The normalized spacial score (nSPS) is 16.0. The second-order valence-corrected chi connectivity index (χ2v) is 6.56. The third kappa shape index (κ3) is 2.21. The molecule has 2 heterocycles. The van der Waals surface area contributed by atoms with Crippen LogP contribution in [0.1, 0.15) is 28.7 Å². The van der Waals surface area contributed by atoms with Crippen molar-refractivity contribution < 1.29 is 4.74 Å². The van der Waals surface area contributed by atoms with Gasteiger partial charge < -0.3 is 10.5 Å². The summed E-state index contributed by atoms with van der Waals surface area (Å²) in [5, 5.41) is 4.41. The van der Waals surface area contributed by atoms with E-state index in [0.717, 1.165) is 38.0 Å². The van der Waals surface area contributed by atoms with Crippen LogP contribution in [-0.4, -0.2) is 13.2 Å². The van der Waals surface area contributed by atoms with E-state index in [-0.39, 0.29) is 0 Å². The second-order valence-electron chi connectivity index (χ2n) is 5.78. The molecular formula is C18H19NOS. The summed E-state index contributed by atoms with van der Waals surface area (Å²) in [5.74, 6) is 1.08. The molecule has 0 saturated carbocycles. The minimum absolute atomic E-state index is 0.715. The topological polar surface area (TPSA) is 35.2 Å². The Morgan fingerprint density at radius 1 is 1.24 bits per heavy atom. The summed E-state index contributed by atoms with van der Waals surface area (Å²) < 4.78 is 5.74. The highest BCUT2D eigenvalue weighted by molar-refractivity contribution is 7.07. The molecule has 108 valence electrons. The lowest BCUT2D eigenvalue weighted by molar-refractivity contribution is 0.357. The summed E-state index contributed by atoms with van der Waals surface area (Å²) in [5.41, 5.74) is 14.7. The van der Waals surface area contributed by atoms with Gasteiger partial charge in [0.2, 0.25) is 0 Å². The molecule has 21 heavy (non-hydrogen) atoms. The lowest BCUT2D eigenvalue weighted by Gasteiger charge is -2.10. The van der Waals surface area contributed by atoms with Crippen LogP contribution in [0.25, 0.3) is 5.57 Å². The van der Waals surface area contributed by atoms with Crippen LogP contribution < -0.4 is 10.5 Å². The SMILES string of the molecule is NCCC1=C(Cc2ccsc2)Cc2ccc3c(c21)CCO3. The van der Waals surface area contributed by atoms with Gasteiger partial charge in [0.05, 0.1) is 6.61 Å². The number of hydrogen-bond donors (Lipinski definition) is 1. The Balaban J connectivity index is 1.78. The first-order chi connectivity index (χ1) is 10.4. The molecule has 0 fully saturated rings. The third-order valence-corrected chi connectivity index (χ3v) is 5.22. The molecule has 2 aliphatic rings. The molecule has 1 aromatic heterocycles. The van der Waals surface area contributed by atoms with E-state index in [9.17, 15) is 0 Å². The van der Waals surface area contributed by atoms with Gasteiger partial charge in [-0.1, -0.05) is 11.6 Å². The van der Waals surface area contributed by atoms with E-state index in [1.165, 1.54) is 27.8 Å². The standard InChI is InChI=1S/C18H19NOS/c19-6-3-15-14(9-12-5-8-21-11-12)10-13-1-2-17-16(18(13)15)4-7-20-17/h1-2,5,8,11H,3-4,6-7,9-10,19H2. The van der Waals surface area contributed by atoms with Gasteiger partial charge in [0.15, 0.2) is 0 Å². The molecule has 0 spiro atoms. The van der Waals surface area contributed by atoms with Crippen molar-refractivity contribution >= 4 is 16.9 Å². The first-order valence-corrected chi connectivity index (χ1v) is 8.51. The van der Waals surface area contributed by atoms with Crippen molar-refractivity contribution in [3.63, 3.8) is 0 Å². The van der Waals surface area contributed by atoms with E-state index in [4.69, 9.17) is 10.5 Å². The molecule has 0 unspecified atom stereocenters. The molecule has 3 heteroatoms. The fourth-order valence-electron chi connectivity index (χ4n) is 3.62. The van der Waals surface area contributed by atoms with E-state index in [2.05, 4.69) is 29.0 Å². The lowest BCUT2D eigenvalue weighted by Crippen LogP contribution is -2.02. The fourth-order valence-corrected chi connectivity index (χ4v) is 4.28. The van der Waals surface area contributed by atoms with Crippen LogP contribution in [0.3, 0.4) is 0 Å². The summed E-state index contributed by atoms with van der Waals surface area (Å²) >= 11 is 1.77. The zero-order chi connectivity index (χ0) is 14.2. The Hall–Kier alpha value is -1.58. The van der Waals surface area contributed by atoms with E-state index in [1.807, 2.05) is 0 Å². The lowest BCUT2D eigenvalue weighted by atomic mass is 9.94.